The van der Waals surface area contributed by atoms with E-state index in [1.807, 2.05) is 0 Å². The molecule has 0 heteroatoms. The molecule has 1 saturated carbocycles. The minimum absolute atomic E-state index is 0.823. The lowest BCUT2D eigenvalue weighted by Gasteiger charge is -2.39. The second kappa shape index (κ2) is 3.24. The van der Waals surface area contributed by atoms with E-state index in [-0.39, 0.29) is 0 Å². The van der Waals surface area contributed by atoms with Crippen molar-refractivity contribution in [1.29, 1.82) is 0 Å². The molecule has 1 fully saturated rings. The smallest absolute Gasteiger partial charge is 0.0202 e. The molecular weight excluding hydrogens is 144 g/mol. The zero-order chi connectivity index (χ0) is 8.55. The van der Waals surface area contributed by atoms with Crippen LogP contribution in [0, 0.1) is 23.7 Å². The van der Waals surface area contributed by atoms with E-state index in [2.05, 4.69) is 26.0 Å². The number of fused-ring (bicyclic) bond motifs is 1. The van der Waals surface area contributed by atoms with Crippen molar-refractivity contribution < 1.29 is 0 Å². The van der Waals surface area contributed by atoms with Gasteiger partial charge in [0.15, 0.2) is 0 Å². The summed E-state index contributed by atoms with van der Waals surface area (Å²) in [6.07, 6.45) is 10.8. The summed E-state index contributed by atoms with van der Waals surface area (Å²) in [5.74, 6) is 3.70. The highest BCUT2D eigenvalue weighted by Gasteiger charge is 2.32. The van der Waals surface area contributed by atoms with Gasteiger partial charge in [-0.2, -0.15) is 0 Å². The van der Waals surface area contributed by atoms with Gasteiger partial charge in [-0.15, -0.1) is 0 Å². The summed E-state index contributed by atoms with van der Waals surface area (Å²) in [5, 5.41) is 0. The molecular formula is C12H20. The molecule has 0 aliphatic heterocycles. The second-order valence-electron chi connectivity index (χ2n) is 4.72. The molecule has 0 saturated heterocycles. The van der Waals surface area contributed by atoms with Crippen molar-refractivity contribution in [3.8, 4) is 0 Å². The van der Waals surface area contributed by atoms with Crippen LogP contribution in [0.5, 0.6) is 0 Å². The van der Waals surface area contributed by atoms with Crippen LogP contribution in [0.4, 0.5) is 0 Å². The zero-order valence-electron chi connectivity index (χ0n) is 8.29. The number of hydrogen-bond acceptors (Lipinski definition) is 0. The Morgan fingerprint density at radius 2 is 1.75 bits per heavy atom. The lowest BCUT2D eigenvalue weighted by atomic mass is 9.66. The van der Waals surface area contributed by atoms with Crippen molar-refractivity contribution in [2.24, 2.45) is 23.7 Å². The molecule has 2 rings (SSSR count). The van der Waals surface area contributed by atoms with Crippen LogP contribution >= 0.6 is 0 Å². The SMILES string of the molecule is CC1C2CCCCC2C=C[C@@H]1C. The minimum atomic E-state index is 0.823. The second-order valence-corrected chi connectivity index (χ2v) is 4.72. The van der Waals surface area contributed by atoms with Crippen LogP contribution in [0.15, 0.2) is 12.2 Å². The van der Waals surface area contributed by atoms with Crippen LogP contribution in [-0.4, -0.2) is 0 Å². The van der Waals surface area contributed by atoms with Gasteiger partial charge < -0.3 is 0 Å². The molecule has 0 N–H and O–H groups in total. The predicted molar refractivity (Wildman–Crippen MR) is 52.9 cm³/mol. The molecule has 0 bridgehead atoms. The summed E-state index contributed by atoms with van der Waals surface area (Å²) < 4.78 is 0. The van der Waals surface area contributed by atoms with Crippen LogP contribution in [0.25, 0.3) is 0 Å². The van der Waals surface area contributed by atoms with E-state index in [9.17, 15) is 0 Å². The molecule has 12 heavy (non-hydrogen) atoms. The first-order valence-corrected chi connectivity index (χ1v) is 5.47. The van der Waals surface area contributed by atoms with Crippen LogP contribution in [0.2, 0.25) is 0 Å². The number of allylic oxidation sites excluding steroid dienone is 2. The average molecular weight is 164 g/mol. The third kappa shape index (κ3) is 1.32. The largest absolute Gasteiger partial charge is 0.0851 e. The molecule has 0 aromatic heterocycles. The summed E-state index contributed by atoms with van der Waals surface area (Å²) in [6.45, 7) is 4.81. The first-order chi connectivity index (χ1) is 5.79. The van der Waals surface area contributed by atoms with Gasteiger partial charge in [0.1, 0.15) is 0 Å². The fourth-order valence-electron chi connectivity index (χ4n) is 2.96. The highest BCUT2D eigenvalue weighted by molar-refractivity contribution is 5.03. The molecule has 0 radical (unpaired) electrons. The number of rotatable bonds is 0. The van der Waals surface area contributed by atoms with Gasteiger partial charge in [-0.3, -0.25) is 0 Å². The Hall–Kier alpha value is -0.260. The topological polar surface area (TPSA) is 0 Å². The monoisotopic (exact) mass is 164 g/mol. The molecule has 0 spiro atoms. The van der Waals surface area contributed by atoms with Crippen LogP contribution < -0.4 is 0 Å². The van der Waals surface area contributed by atoms with Gasteiger partial charge in [0.2, 0.25) is 0 Å². The van der Waals surface area contributed by atoms with Crippen molar-refractivity contribution in [2.45, 2.75) is 39.5 Å². The summed E-state index contributed by atoms with van der Waals surface area (Å²) in [6, 6.07) is 0. The van der Waals surface area contributed by atoms with Gasteiger partial charge in [-0.25, -0.2) is 0 Å². The Morgan fingerprint density at radius 1 is 1.00 bits per heavy atom. The van der Waals surface area contributed by atoms with E-state index < -0.39 is 0 Å². The van der Waals surface area contributed by atoms with Gasteiger partial charge in [0.25, 0.3) is 0 Å². The quantitative estimate of drug-likeness (QED) is 0.479. The molecule has 0 aromatic carbocycles. The summed E-state index contributed by atoms with van der Waals surface area (Å²) in [5.41, 5.74) is 0. The van der Waals surface area contributed by atoms with Gasteiger partial charge in [-0.1, -0.05) is 38.8 Å². The maximum atomic E-state index is 2.49. The fourth-order valence-corrected chi connectivity index (χ4v) is 2.96. The first-order valence-electron chi connectivity index (χ1n) is 5.47. The molecule has 0 aromatic rings. The molecule has 2 aliphatic carbocycles. The van der Waals surface area contributed by atoms with Crippen LogP contribution in [0.1, 0.15) is 39.5 Å². The Bertz CT molecular complexity index is 180. The highest BCUT2D eigenvalue weighted by Crippen LogP contribution is 2.42. The summed E-state index contributed by atoms with van der Waals surface area (Å²) in [4.78, 5) is 0. The lowest BCUT2D eigenvalue weighted by molar-refractivity contribution is 0.163. The summed E-state index contributed by atoms with van der Waals surface area (Å²) in [7, 11) is 0. The van der Waals surface area contributed by atoms with Crippen molar-refractivity contribution in [2.75, 3.05) is 0 Å². The van der Waals surface area contributed by atoms with E-state index in [4.69, 9.17) is 0 Å². The van der Waals surface area contributed by atoms with E-state index in [0.29, 0.717) is 0 Å². The molecule has 2 aliphatic rings. The first kappa shape index (κ1) is 8.34. The van der Waals surface area contributed by atoms with Crippen LogP contribution in [0.3, 0.4) is 0 Å². The third-order valence-electron chi connectivity index (χ3n) is 4.04. The van der Waals surface area contributed by atoms with E-state index in [0.717, 1.165) is 23.7 Å². The lowest BCUT2D eigenvalue weighted by Crippen LogP contribution is -2.30. The zero-order valence-corrected chi connectivity index (χ0v) is 8.29. The Labute approximate surface area is 76.1 Å². The van der Waals surface area contributed by atoms with Gasteiger partial charge in [0.05, 0.1) is 0 Å². The van der Waals surface area contributed by atoms with Crippen molar-refractivity contribution in [3.05, 3.63) is 12.2 Å². The Balaban J connectivity index is 2.13. The van der Waals surface area contributed by atoms with Gasteiger partial charge in [-0.05, 0) is 36.5 Å². The normalized spacial score (nSPS) is 47.2. The summed E-state index contributed by atoms with van der Waals surface area (Å²) >= 11 is 0. The molecule has 4 atom stereocenters. The van der Waals surface area contributed by atoms with E-state index in [1.54, 1.807) is 0 Å². The molecule has 68 valence electrons. The Kier molecular flexibility index (Phi) is 2.25. The maximum Gasteiger partial charge on any atom is -0.0202 e. The van der Waals surface area contributed by atoms with Gasteiger partial charge in [0, 0.05) is 0 Å². The predicted octanol–water partition coefficient (Wildman–Crippen LogP) is 3.63. The average Bonchev–Trinajstić information content (AvgIpc) is 2.12. The van der Waals surface area contributed by atoms with Crippen LogP contribution in [-0.2, 0) is 0 Å². The minimum Gasteiger partial charge on any atom is -0.0851 e. The van der Waals surface area contributed by atoms with E-state index >= 15 is 0 Å². The van der Waals surface area contributed by atoms with E-state index in [1.165, 1.54) is 25.7 Å². The van der Waals surface area contributed by atoms with Crippen molar-refractivity contribution >= 4 is 0 Å². The fraction of sp³-hybridized carbons (Fsp3) is 0.833. The maximum absolute atomic E-state index is 2.49. The van der Waals surface area contributed by atoms with Crippen molar-refractivity contribution in [1.82, 2.24) is 0 Å². The molecule has 3 unspecified atom stereocenters. The number of hydrogen-bond donors (Lipinski definition) is 0. The molecule has 0 amide bonds. The Morgan fingerprint density at radius 3 is 2.58 bits per heavy atom. The van der Waals surface area contributed by atoms with Crippen molar-refractivity contribution in [3.63, 3.8) is 0 Å². The standard InChI is InChI=1S/C12H20/c1-9-7-8-11-5-3-4-6-12(11)10(9)2/h7-12H,3-6H2,1-2H3/t9-,10?,11?,12?/m0/s1. The van der Waals surface area contributed by atoms with Gasteiger partial charge >= 0.3 is 0 Å². The molecule has 0 nitrogen and oxygen atoms in total. The third-order valence-corrected chi connectivity index (χ3v) is 4.04. The highest BCUT2D eigenvalue weighted by atomic mass is 14.4. The molecule has 0 heterocycles.